The highest BCUT2D eigenvalue weighted by Crippen LogP contribution is 2.32. The van der Waals surface area contributed by atoms with Crippen LogP contribution in [-0.4, -0.2) is 22.6 Å². The van der Waals surface area contributed by atoms with E-state index in [-0.39, 0.29) is 0 Å². The Bertz CT molecular complexity index is 1170. The highest BCUT2D eigenvalue weighted by atomic mass is 32.1. The van der Waals surface area contributed by atoms with Gasteiger partial charge in [0.05, 0.1) is 15.9 Å². The lowest BCUT2D eigenvalue weighted by Crippen LogP contribution is -2.12. The molecule has 3 aromatic carbocycles. The number of rotatable bonds is 6. The SMILES string of the molecule is CC(O)Nc1ccc2nc(Nc3ccc(-c4ccc(C=O)cc4)cc3F)sc2c1. The van der Waals surface area contributed by atoms with Crippen molar-refractivity contribution in [1.82, 2.24) is 4.98 Å². The van der Waals surface area contributed by atoms with Crippen molar-refractivity contribution in [3.63, 3.8) is 0 Å². The molecule has 29 heavy (non-hydrogen) atoms. The molecule has 0 fully saturated rings. The van der Waals surface area contributed by atoms with Gasteiger partial charge in [-0.15, -0.1) is 0 Å². The highest BCUT2D eigenvalue weighted by Gasteiger charge is 2.10. The molecular weight excluding hydrogens is 389 g/mol. The first kappa shape index (κ1) is 19.0. The summed E-state index contributed by atoms with van der Waals surface area (Å²) in [5.74, 6) is -0.391. The summed E-state index contributed by atoms with van der Waals surface area (Å²) < 4.78 is 15.6. The first-order valence-electron chi connectivity index (χ1n) is 8.99. The van der Waals surface area contributed by atoms with Crippen LogP contribution < -0.4 is 10.6 Å². The monoisotopic (exact) mass is 407 g/mol. The number of nitrogens with zero attached hydrogens (tertiary/aromatic N) is 1. The number of halogens is 1. The standard InChI is InChI=1S/C22H18FN3O2S/c1-13(28)24-17-7-9-20-21(11-17)29-22(26-20)25-19-8-6-16(10-18(19)23)15-4-2-14(12-27)3-5-15/h2-13,24,28H,1H3,(H,25,26). The minimum atomic E-state index is -0.653. The predicted octanol–water partition coefficient (Wildman–Crippen LogP) is 5.41. The zero-order valence-corrected chi connectivity index (χ0v) is 16.3. The number of fused-ring (bicyclic) bond motifs is 1. The molecule has 0 radical (unpaired) electrons. The Balaban J connectivity index is 1.56. The minimum Gasteiger partial charge on any atom is -0.374 e. The van der Waals surface area contributed by atoms with Gasteiger partial charge in [-0.25, -0.2) is 9.37 Å². The Labute approximate surface area is 170 Å². The number of aliphatic hydroxyl groups excluding tert-OH is 1. The van der Waals surface area contributed by atoms with Crippen LogP contribution in [0.5, 0.6) is 0 Å². The van der Waals surface area contributed by atoms with Crippen LogP contribution >= 0.6 is 11.3 Å². The summed E-state index contributed by atoms with van der Waals surface area (Å²) in [6.45, 7) is 1.65. The topological polar surface area (TPSA) is 74.2 Å². The summed E-state index contributed by atoms with van der Waals surface area (Å²) in [5, 5.41) is 16.0. The number of hydrogen-bond acceptors (Lipinski definition) is 6. The first-order valence-corrected chi connectivity index (χ1v) is 9.81. The van der Waals surface area contributed by atoms with Crippen molar-refractivity contribution in [3.05, 3.63) is 72.0 Å². The van der Waals surface area contributed by atoms with E-state index >= 15 is 0 Å². The molecule has 5 nitrogen and oxygen atoms in total. The molecule has 1 heterocycles. The molecule has 0 bridgehead atoms. The van der Waals surface area contributed by atoms with E-state index in [2.05, 4.69) is 15.6 Å². The van der Waals surface area contributed by atoms with Crippen molar-refractivity contribution in [2.24, 2.45) is 0 Å². The van der Waals surface area contributed by atoms with E-state index in [9.17, 15) is 14.3 Å². The Hall–Kier alpha value is -3.29. The largest absolute Gasteiger partial charge is 0.374 e. The normalized spacial score (nSPS) is 12.0. The Morgan fingerprint density at radius 1 is 1.07 bits per heavy atom. The summed E-state index contributed by atoms with van der Waals surface area (Å²) in [7, 11) is 0. The number of carbonyl (C=O) groups excluding carboxylic acids is 1. The molecule has 1 aromatic heterocycles. The molecule has 0 spiro atoms. The molecule has 4 rings (SSSR count). The highest BCUT2D eigenvalue weighted by molar-refractivity contribution is 7.22. The first-order chi connectivity index (χ1) is 14.0. The van der Waals surface area contributed by atoms with Gasteiger partial charge in [0.1, 0.15) is 18.3 Å². The number of benzene rings is 3. The zero-order chi connectivity index (χ0) is 20.4. The second-order valence-corrected chi connectivity index (χ2v) is 7.61. The quantitative estimate of drug-likeness (QED) is 0.294. The van der Waals surface area contributed by atoms with Gasteiger partial charge in [-0.3, -0.25) is 4.79 Å². The average Bonchev–Trinajstić information content (AvgIpc) is 3.11. The molecule has 3 N–H and O–H groups in total. The van der Waals surface area contributed by atoms with Crippen molar-refractivity contribution >= 4 is 44.3 Å². The van der Waals surface area contributed by atoms with Gasteiger partial charge < -0.3 is 15.7 Å². The lowest BCUT2D eigenvalue weighted by Gasteiger charge is -2.08. The van der Waals surface area contributed by atoms with E-state index in [0.717, 1.165) is 33.3 Å². The fourth-order valence-electron chi connectivity index (χ4n) is 2.97. The van der Waals surface area contributed by atoms with Crippen molar-refractivity contribution in [2.75, 3.05) is 10.6 Å². The third-order valence-corrected chi connectivity index (χ3v) is 5.29. The molecule has 0 aliphatic rings. The van der Waals surface area contributed by atoms with E-state index in [1.54, 1.807) is 37.3 Å². The summed E-state index contributed by atoms with van der Waals surface area (Å²) in [6.07, 6.45) is 0.124. The Kier molecular flexibility index (Phi) is 5.24. The number of nitrogens with one attached hydrogen (secondary N) is 2. The van der Waals surface area contributed by atoms with Crippen molar-refractivity contribution in [1.29, 1.82) is 0 Å². The smallest absolute Gasteiger partial charge is 0.188 e. The maximum atomic E-state index is 14.7. The molecule has 1 atom stereocenters. The van der Waals surface area contributed by atoms with Crippen molar-refractivity contribution in [3.8, 4) is 11.1 Å². The fourth-order valence-corrected chi connectivity index (χ4v) is 3.89. The Morgan fingerprint density at radius 3 is 2.52 bits per heavy atom. The number of carbonyl (C=O) groups is 1. The maximum absolute atomic E-state index is 14.7. The number of anilines is 3. The van der Waals surface area contributed by atoms with Crippen LogP contribution in [0.4, 0.5) is 20.9 Å². The summed E-state index contributed by atoms with van der Waals surface area (Å²) in [4.78, 5) is 15.3. The van der Waals surface area contributed by atoms with E-state index in [1.165, 1.54) is 17.4 Å². The molecule has 0 aliphatic heterocycles. The van der Waals surface area contributed by atoms with E-state index in [1.807, 2.05) is 24.3 Å². The summed E-state index contributed by atoms with van der Waals surface area (Å²) >= 11 is 1.40. The fraction of sp³-hybridized carbons (Fsp3) is 0.0909. The summed E-state index contributed by atoms with van der Waals surface area (Å²) in [5.41, 5.74) is 4.05. The second-order valence-electron chi connectivity index (χ2n) is 6.58. The van der Waals surface area contributed by atoms with Crippen molar-refractivity contribution in [2.45, 2.75) is 13.2 Å². The van der Waals surface area contributed by atoms with E-state index in [0.29, 0.717) is 16.4 Å². The molecule has 1 unspecified atom stereocenters. The van der Waals surface area contributed by atoms with Gasteiger partial charge >= 0.3 is 0 Å². The molecule has 0 amide bonds. The van der Waals surface area contributed by atoms with Gasteiger partial charge in [0, 0.05) is 11.3 Å². The molecule has 0 saturated carbocycles. The van der Waals surface area contributed by atoms with Crippen LogP contribution in [0.3, 0.4) is 0 Å². The molecule has 0 aliphatic carbocycles. The van der Waals surface area contributed by atoms with Crippen molar-refractivity contribution < 1.29 is 14.3 Å². The molecular formula is C22H18FN3O2S. The van der Waals surface area contributed by atoms with Gasteiger partial charge in [-0.1, -0.05) is 41.7 Å². The van der Waals surface area contributed by atoms with E-state index in [4.69, 9.17) is 0 Å². The van der Waals surface area contributed by atoms with Crippen LogP contribution in [0.1, 0.15) is 17.3 Å². The lowest BCUT2D eigenvalue weighted by molar-refractivity contribution is 0.112. The molecule has 4 aromatic rings. The second kappa shape index (κ2) is 7.98. The number of hydrogen-bond donors (Lipinski definition) is 3. The van der Waals surface area contributed by atoms with E-state index < -0.39 is 12.0 Å². The van der Waals surface area contributed by atoms with Gasteiger partial charge in [0.15, 0.2) is 5.13 Å². The van der Waals surface area contributed by atoms with Crippen LogP contribution in [0, 0.1) is 5.82 Å². The number of aliphatic hydroxyl groups is 1. The number of aldehydes is 1. The molecule has 7 heteroatoms. The van der Waals surface area contributed by atoms with Crippen LogP contribution in [0.15, 0.2) is 60.7 Å². The maximum Gasteiger partial charge on any atom is 0.188 e. The number of thiazole rings is 1. The molecule has 146 valence electrons. The van der Waals surface area contributed by atoms with Crippen LogP contribution in [-0.2, 0) is 0 Å². The lowest BCUT2D eigenvalue weighted by atomic mass is 10.0. The predicted molar refractivity (Wildman–Crippen MR) is 115 cm³/mol. The van der Waals surface area contributed by atoms with Gasteiger partial charge in [-0.2, -0.15) is 0 Å². The molecule has 0 saturated heterocycles. The van der Waals surface area contributed by atoms with Crippen LogP contribution in [0.2, 0.25) is 0 Å². The third-order valence-electron chi connectivity index (χ3n) is 4.35. The van der Waals surface area contributed by atoms with Gasteiger partial charge in [-0.05, 0) is 48.4 Å². The Morgan fingerprint density at radius 2 is 1.83 bits per heavy atom. The zero-order valence-electron chi connectivity index (χ0n) is 15.5. The summed E-state index contributed by atoms with van der Waals surface area (Å²) in [6, 6.07) is 17.5. The van der Waals surface area contributed by atoms with Gasteiger partial charge in [0.2, 0.25) is 0 Å². The minimum absolute atomic E-state index is 0.333. The number of aromatic nitrogens is 1. The average molecular weight is 407 g/mol. The van der Waals surface area contributed by atoms with Gasteiger partial charge in [0.25, 0.3) is 0 Å². The third kappa shape index (κ3) is 4.26. The van der Waals surface area contributed by atoms with Crippen LogP contribution in [0.25, 0.3) is 21.3 Å².